The van der Waals surface area contributed by atoms with Gasteiger partial charge >= 0.3 is 0 Å². The van der Waals surface area contributed by atoms with Crippen molar-refractivity contribution in [3.63, 3.8) is 0 Å². The molecule has 1 aliphatic carbocycles. The Labute approximate surface area is 243 Å². The first-order valence-electron chi connectivity index (χ1n) is 14.8. The largest absolute Gasteiger partial charge is 0.385 e. The predicted octanol–water partition coefficient (Wildman–Crippen LogP) is 2.83. The summed E-state index contributed by atoms with van der Waals surface area (Å²) in [5.74, 6) is -0.751. The van der Waals surface area contributed by atoms with Crippen molar-refractivity contribution in [2.45, 2.75) is 69.6 Å². The lowest BCUT2D eigenvalue weighted by atomic mass is 9.69. The van der Waals surface area contributed by atoms with Gasteiger partial charge < -0.3 is 20.4 Å². The Balaban J connectivity index is 1.07. The van der Waals surface area contributed by atoms with Crippen LogP contribution in [0.4, 0.5) is 5.69 Å². The maximum atomic E-state index is 13.4. The Kier molecular flexibility index (Phi) is 6.23. The molecular weight excluding hydrogens is 534 g/mol. The zero-order chi connectivity index (χ0) is 29.2. The summed E-state index contributed by atoms with van der Waals surface area (Å²) in [7, 11) is 0. The van der Waals surface area contributed by atoms with Crippen LogP contribution in [0.3, 0.4) is 0 Å². The van der Waals surface area contributed by atoms with E-state index >= 15 is 0 Å². The van der Waals surface area contributed by atoms with E-state index in [2.05, 4.69) is 17.6 Å². The zero-order valence-electron chi connectivity index (χ0n) is 23.7. The highest BCUT2D eigenvalue weighted by Crippen LogP contribution is 2.51. The fraction of sp³-hybridized carbons (Fsp3) is 0.469. The van der Waals surface area contributed by atoms with Crippen LogP contribution in [0.2, 0.25) is 0 Å². The summed E-state index contributed by atoms with van der Waals surface area (Å²) in [5.41, 5.74) is 2.53. The Morgan fingerprint density at radius 2 is 1.95 bits per heavy atom. The van der Waals surface area contributed by atoms with Crippen LogP contribution in [0, 0.1) is 10.8 Å². The second-order valence-corrected chi connectivity index (χ2v) is 12.8. The molecule has 4 saturated heterocycles. The van der Waals surface area contributed by atoms with Gasteiger partial charge in [0.05, 0.1) is 23.8 Å². The monoisotopic (exact) mass is 569 g/mol. The second kappa shape index (κ2) is 9.76. The number of hydrogen-bond donors (Lipinski definition) is 3. The predicted molar refractivity (Wildman–Crippen MR) is 156 cm³/mol. The van der Waals surface area contributed by atoms with Crippen molar-refractivity contribution < 1.29 is 23.9 Å². The summed E-state index contributed by atoms with van der Waals surface area (Å²) >= 11 is 0. The van der Waals surface area contributed by atoms with Crippen LogP contribution in [0.5, 0.6) is 0 Å². The standard InChI is InChI=1S/C32H35N5O5/c1-31(9-11-36(12-10-31)30(41)32-14-21(15-32)42-18-32)34-17-19(16-33)13-20-5-6-24-27-22(20)3-2-4-23(27)29(40)37(24)25-7-8-26(38)35-28(25)39/h2-6,16-17,21,25,33-34H,7-15,18H2,1H3,(H,35,38,39)/b19-17-,33-16?. The van der Waals surface area contributed by atoms with Crippen LogP contribution in [-0.4, -0.2) is 72.1 Å². The summed E-state index contributed by atoms with van der Waals surface area (Å²) in [6.07, 6.45) is 7.89. The van der Waals surface area contributed by atoms with Crippen molar-refractivity contribution in [1.29, 1.82) is 5.41 Å². The molecule has 0 radical (unpaired) electrons. The minimum absolute atomic E-state index is 0.187. The molecule has 1 unspecified atom stereocenters. The Morgan fingerprint density at radius 3 is 2.64 bits per heavy atom. The van der Waals surface area contributed by atoms with Gasteiger partial charge in [-0.3, -0.25) is 29.4 Å². The molecule has 0 spiro atoms. The second-order valence-electron chi connectivity index (χ2n) is 12.8. The molecule has 5 fully saturated rings. The molecule has 5 heterocycles. The molecule has 4 amide bonds. The molecule has 10 heteroatoms. The summed E-state index contributed by atoms with van der Waals surface area (Å²) in [6, 6.07) is 8.70. The van der Waals surface area contributed by atoms with Gasteiger partial charge in [-0.2, -0.15) is 0 Å². The lowest BCUT2D eigenvalue weighted by molar-refractivity contribution is -0.146. The van der Waals surface area contributed by atoms with Crippen molar-refractivity contribution in [2.24, 2.45) is 5.41 Å². The number of fused-ring (bicyclic) bond motifs is 1. The van der Waals surface area contributed by atoms with Gasteiger partial charge in [0, 0.05) is 54.8 Å². The smallest absolute Gasteiger partial charge is 0.259 e. The van der Waals surface area contributed by atoms with Crippen LogP contribution in [0.25, 0.3) is 10.8 Å². The average molecular weight is 570 g/mol. The van der Waals surface area contributed by atoms with Crippen LogP contribution in [0.15, 0.2) is 42.1 Å². The molecule has 42 heavy (non-hydrogen) atoms. The summed E-state index contributed by atoms with van der Waals surface area (Å²) < 4.78 is 5.66. The number of benzene rings is 2. The van der Waals surface area contributed by atoms with Crippen molar-refractivity contribution in [3.8, 4) is 0 Å². The Morgan fingerprint density at radius 1 is 1.17 bits per heavy atom. The molecule has 3 N–H and O–H groups in total. The van der Waals surface area contributed by atoms with Crippen molar-refractivity contribution >= 4 is 46.3 Å². The SMILES string of the molecule is CC1(N/C=C(\C=N)Cc2ccc3c4c(cccc24)C(=O)N3C2CCC(=O)NC2=O)CCN(C(=O)C23COC(C2)C3)CC1. The molecule has 218 valence electrons. The van der Waals surface area contributed by atoms with Gasteiger partial charge in [-0.25, -0.2) is 0 Å². The fourth-order valence-electron chi connectivity index (χ4n) is 7.33. The van der Waals surface area contributed by atoms with E-state index in [1.54, 1.807) is 6.07 Å². The molecular formula is C32H35N5O5. The number of imide groups is 1. The highest BCUT2D eigenvalue weighted by molar-refractivity contribution is 6.27. The molecule has 1 atom stereocenters. The zero-order valence-corrected chi connectivity index (χ0v) is 23.7. The maximum absolute atomic E-state index is 13.4. The first-order chi connectivity index (χ1) is 20.2. The van der Waals surface area contributed by atoms with E-state index < -0.39 is 11.9 Å². The molecule has 8 rings (SSSR count). The van der Waals surface area contributed by atoms with Gasteiger partial charge in [0.25, 0.3) is 5.91 Å². The third-order valence-electron chi connectivity index (χ3n) is 9.97. The molecule has 2 bridgehead atoms. The molecule has 6 aliphatic rings. The first kappa shape index (κ1) is 26.8. The quantitative estimate of drug-likeness (QED) is 0.347. The van der Waals surface area contributed by atoms with Crippen LogP contribution in [0.1, 0.15) is 61.4 Å². The molecule has 2 aromatic carbocycles. The Bertz CT molecular complexity index is 1560. The number of piperidine rings is 2. The Hall–Kier alpha value is -4.05. The number of anilines is 1. The minimum atomic E-state index is -0.725. The van der Waals surface area contributed by atoms with E-state index in [4.69, 9.17) is 10.1 Å². The molecule has 0 aromatic heterocycles. The lowest BCUT2D eigenvalue weighted by Crippen LogP contribution is -2.56. The number of rotatable bonds is 7. The van der Waals surface area contributed by atoms with E-state index in [1.807, 2.05) is 35.4 Å². The minimum Gasteiger partial charge on any atom is -0.385 e. The number of likely N-dealkylation sites (tertiary alicyclic amines) is 1. The molecule has 2 aromatic rings. The number of amides is 4. The van der Waals surface area contributed by atoms with Gasteiger partial charge in [-0.1, -0.05) is 18.2 Å². The third-order valence-corrected chi connectivity index (χ3v) is 9.97. The van der Waals surface area contributed by atoms with Crippen molar-refractivity contribution in [3.05, 3.63) is 53.2 Å². The van der Waals surface area contributed by atoms with Gasteiger partial charge in [0.1, 0.15) is 6.04 Å². The number of ether oxygens (including phenoxy) is 1. The number of nitrogens with one attached hydrogen (secondary N) is 3. The van der Waals surface area contributed by atoms with Crippen molar-refractivity contribution in [1.82, 2.24) is 15.5 Å². The van der Waals surface area contributed by atoms with E-state index in [-0.39, 0.29) is 41.2 Å². The van der Waals surface area contributed by atoms with Gasteiger partial charge in [-0.05, 0) is 67.7 Å². The average Bonchev–Trinajstić information content (AvgIpc) is 3.66. The highest BCUT2D eigenvalue weighted by atomic mass is 16.5. The van der Waals surface area contributed by atoms with Gasteiger partial charge in [0.2, 0.25) is 17.7 Å². The summed E-state index contributed by atoms with van der Waals surface area (Å²) in [5, 5.41) is 15.7. The van der Waals surface area contributed by atoms with E-state index in [9.17, 15) is 19.2 Å². The summed E-state index contributed by atoms with van der Waals surface area (Å²) in [6.45, 7) is 4.13. The van der Waals surface area contributed by atoms with Crippen LogP contribution >= 0.6 is 0 Å². The van der Waals surface area contributed by atoms with Crippen LogP contribution in [-0.2, 0) is 25.5 Å². The van der Waals surface area contributed by atoms with E-state index in [0.29, 0.717) is 43.8 Å². The van der Waals surface area contributed by atoms with Gasteiger partial charge in [-0.15, -0.1) is 0 Å². The number of carbonyl (C=O) groups excluding carboxylic acids is 4. The van der Waals surface area contributed by atoms with Gasteiger partial charge in [0.15, 0.2) is 0 Å². The fourth-order valence-corrected chi connectivity index (χ4v) is 7.33. The van der Waals surface area contributed by atoms with E-state index in [0.717, 1.165) is 47.6 Å². The van der Waals surface area contributed by atoms with E-state index in [1.165, 1.54) is 11.1 Å². The number of nitrogens with zero attached hydrogens (tertiary/aromatic N) is 2. The third kappa shape index (κ3) is 4.22. The summed E-state index contributed by atoms with van der Waals surface area (Å²) in [4.78, 5) is 54.4. The van der Waals surface area contributed by atoms with Crippen molar-refractivity contribution in [2.75, 3.05) is 24.6 Å². The highest BCUT2D eigenvalue weighted by Gasteiger charge is 2.58. The van der Waals surface area contributed by atoms with Crippen LogP contribution < -0.4 is 15.5 Å². The number of hydrogen-bond acceptors (Lipinski definition) is 7. The number of carbonyl (C=O) groups is 4. The molecule has 5 aliphatic heterocycles. The normalized spacial score (nSPS) is 28.1. The lowest BCUT2D eigenvalue weighted by Gasteiger charge is -2.44. The topological polar surface area (TPSA) is 132 Å². The first-order valence-corrected chi connectivity index (χ1v) is 14.8. The number of allylic oxidation sites excluding steroid dienone is 1. The molecule has 1 saturated carbocycles. The maximum Gasteiger partial charge on any atom is 0.259 e. The molecule has 10 nitrogen and oxygen atoms in total.